The van der Waals surface area contributed by atoms with E-state index in [1.54, 1.807) is 13.0 Å². The molecule has 0 heterocycles. The van der Waals surface area contributed by atoms with E-state index < -0.39 is 10.0 Å². The number of carbonyl (C=O) groups is 1. The van der Waals surface area contributed by atoms with Gasteiger partial charge in [-0.3, -0.25) is 4.79 Å². The Labute approximate surface area is 121 Å². The van der Waals surface area contributed by atoms with Gasteiger partial charge in [0.25, 0.3) is 5.91 Å². The number of benzene rings is 1. The van der Waals surface area contributed by atoms with Gasteiger partial charge in [0.05, 0.1) is 4.90 Å². The molecule has 19 heavy (non-hydrogen) atoms. The zero-order chi connectivity index (χ0) is 14.6. The fourth-order valence-electron chi connectivity index (χ4n) is 1.56. The van der Waals surface area contributed by atoms with E-state index in [0.717, 1.165) is 12.8 Å². The summed E-state index contributed by atoms with van der Waals surface area (Å²) in [4.78, 5) is 11.9. The van der Waals surface area contributed by atoms with Crippen LogP contribution in [0.15, 0.2) is 21.5 Å². The second kappa shape index (κ2) is 6.49. The van der Waals surface area contributed by atoms with Crippen molar-refractivity contribution in [2.75, 3.05) is 6.54 Å². The number of hydrogen-bond donors (Lipinski definition) is 2. The van der Waals surface area contributed by atoms with Gasteiger partial charge in [0.1, 0.15) is 0 Å². The quantitative estimate of drug-likeness (QED) is 0.796. The molecular weight excluding hydrogens is 332 g/mol. The van der Waals surface area contributed by atoms with E-state index in [9.17, 15) is 13.2 Å². The van der Waals surface area contributed by atoms with Crippen LogP contribution in [0.4, 0.5) is 0 Å². The fourth-order valence-corrected chi connectivity index (χ4v) is 2.98. The van der Waals surface area contributed by atoms with Gasteiger partial charge < -0.3 is 5.32 Å². The monoisotopic (exact) mass is 348 g/mol. The molecule has 0 spiro atoms. The van der Waals surface area contributed by atoms with Gasteiger partial charge >= 0.3 is 0 Å². The van der Waals surface area contributed by atoms with Crippen molar-refractivity contribution in [2.24, 2.45) is 5.14 Å². The first-order valence-electron chi connectivity index (χ1n) is 5.88. The average Bonchev–Trinajstić information content (AvgIpc) is 2.31. The Kier molecular flexibility index (Phi) is 5.51. The third-order valence-corrected chi connectivity index (χ3v) is 4.54. The summed E-state index contributed by atoms with van der Waals surface area (Å²) >= 11 is 3.24. The summed E-state index contributed by atoms with van der Waals surface area (Å²) in [6, 6.07) is 2.89. The van der Waals surface area contributed by atoms with Crippen LogP contribution in [-0.4, -0.2) is 20.9 Å². The van der Waals surface area contributed by atoms with Crippen molar-refractivity contribution in [3.05, 3.63) is 27.7 Å². The number of rotatable bonds is 5. The minimum Gasteiger partial charge on any atom is -0.352 e. The fraction of sp³-hybridized carbons (Fsp3) is 0.417. The molecule has 0 saturated heterocycles. The predicted molar refractivity (Wildman–Crippen MR) is 77.5 cm³/mol. The predicted octanol–water partition coefficient (Wildman–Crippen LogP) is 1.93. The molecule has 0 fully saturated rings. The molecule has 0 saturated carbocycles. The zero-order valence-electron chi connectivity index (χ0n) is 10.9. The summed E-state index contributed by atoms with van der Waals surface area (Å²) in [6.45, 7) is 4.21. The maximum atomic E-state index is 11.9. The first-order valence-corrected chi connectivity index (χ1v) is 8.22. The Hall–Kier alpha value is -0.920. The lowest BCUT2D eigenvalue weighted by atomic mass is 10.1. The van der Waals surface area contributed by atoms with Crippen molar-refractivity contribution in [2.45, 2.75) is 31.6 Å². The van der Waals surface area contributed by atoms with Crippen LogP contribution in [0.25, 0.3) is 0 Å². The van der Waals surface area contributed by atoms with Crippen molar-refractivity contribution < 1.29 is 13.2 Å². The normalized spacial score (nSPS) is 11.4. The molecule has 1 amide bonds. The maximum absolute atomic E-state index is 11.9. The number of amides is 1. The molecule has 0 aliphatic carbocycles. The lowest BCUT2D eigenvalue weighted by Crippen LogP contribution is -2.25. The Balaban J connectivity index is 3.11. The molecule has 3 N–H and O–H groups in total. The molecule has 0 atom stereocenters. The van der Waals surface area contributed by atoms with Gasteiger partial charge in [-0.05, 0) is 31.0 Å². The Morgan fingerprint density at radius 1 is 1.42 bits per heavy atom. The maximum Gasteiger partial charge on any atom is 0.251 e. The van der Waals surface area contributed by atoms with E-state index in [0.29, 0.717) is 16.6 Å². The minimum atomic E-state index is -3.85. The van der Waals surface area contributed by atoms with Crippen LogP contribution in [0.2, 0.25) is 0 Å². The largest absolute Gasteiger partial charge is 0.352 e. The molecule has 1 aromatic rings. The van der Waals surface area contributed by atoms with Gasteiger partial charge in [-0.2, -0.15) is 0 Å². The summed E-state index contributed by atoms with van der Waals surface area (Å²) in [5.74, 6) is -0.306. The highest BCUT2D eigenvalue weighted by atomic mass is 79.9. The van der Waals surface area contributed by atoms with Gasteiger partial charge in [-0.15, -0.1) is 0 Å². The lowest BCUT2D eigenvalue weighted by Gasteiger charge is -2.10. The number of primary sulfonamides is 1. The number of sulfonamides is 1. The van der Waals surface area contributed by atoms with Crippen molar-refractivity contribution in [1.29, 1.82) is 0 Å². The highest BCUT2D eigenvalue weighted by Gasteiger charge is 2.17. The second-order valence-corrected chi connectivity index (χ2v) is 6.62. The van der Waals surface area contributed by atoms with Gasteiger partial charge in [-0.25, -0.2) is 13.6 Å². The molecule has 7 heteroatoms. The van der Waals surface area contributed by atoms with Crippen LogP contribution in [0.3, 0.4) is 0 Å². The number of hydrogen-bond acceptors (Lipinski definition) is 3. The average molecular weight is 349 g/mol. The molecule has 0 unspecified atom stereocenters. The van der Waals surface area contributed by atoms with Gasteiger partial charge in [0.2, 0.25) is 10.0 Å². The van der Waals surface area contributed by atoms with E-state index >= 15 is 0 Å². The molecule has 0 radical (unpaired) electrons. The number of carbonyl (C=O) groups excluding carboxylic acids is 1. The molecule has 1 aromatic carbocycles. The Morgan fingerprint density at radius 3 is 2.58 bits per heavy atom. The van der Waals surface area contributed by atoms with E-state index in [1.807, 2.05) is 6.92 Å². The summed E-state index contributed by atoms with van der Waals surface area (Å²) < 4.78 is 23.5. The first kappa shape index (κ1) is 16.1. The van der Waals surface area contributed by atoms with E-state index in [1.165, 1.54) is 6.07 Å². The summed E-state index contributed by atoms with van der Waals surface area (Å²) in [7, 11) is -3.85. The number of unbranched alkanes of at least 4 members (excludes halogenated alkanes) is 1. The lowest BCUT2D eigenvalue weighted by molar-refractivity contribution is 0.0953. The van der Waals surface area contributed by atoms with Crippen LogP contribution >= 0.6 is 15.9 Å². The van der Waals surface area contributed by atoms with Crippen molar-refractivity contribution in [3.8, 4) is 0 Å². The molecule has 1 rings (SSSR count). The van der Waals surface area contributed by atoms with E-state index in [2.05, 4.69) is 21.2 Å². The van der Waals surface area contributed by atoms with Crippen LogP contribution in [-0.2, 0) is 10.0 Å². The number of nitrogens with two attached hydrogens (primary N) is 1. The van der Waals surface area contributed by atoms with E-state index in [-0.39, 0.29) is 16.4 Å². The topological polar surface area (TPSA) is 89.3 Å². The van der Waals surface area contributed by atoms with Crippen LogP contribution < -0.4 is 10.5 Å². The van der Waals surface area contributed by atoms with Crippen molar-refractivity contribution in [3.63, 3.8) is 0 Å². The molecule has 0 aliphatic heterocycles. The highest BCUT2D eigenvalue weighted by molar-refractivity contribution is 9.10. The van der Waals surface area contributed by atoms with Crippen LogP contribution in [0.5, 0.6) is 0 Å². The van der Waals surface area contributed by atoms with Crippen molar-refractivity contribution in [1.82, 2.24) is 5.32 Å². The molecular formula is C12H17BrN2O3S. The molecule has 0 aliphatic rings. The Morgan fingerprint density at radius 2 is 2.05 bits per heavy atom. The van der Waals surface area contributed by atoms with Crippen molar-refractivity contribution >= 4 is 31.9 Å². The SMILES string of the molecule is CCCCNC(=O)c1cc(Br)c(C)c(S(N)(=O)=O)c1. The third kappa shape index (κ3) is 4.29. The Bertz CT molecular complexity index is 585. The zero-order valence-corrected chi connectivity index (χ0v) is 13.3. The number of halogens is 1. The first-order chi connectivity index (χ1) is 8.77. The smallest absolute Gasteiger partial charge is 0.251 e. The van der Waals surface area contributed by atoms with E-state index in [4.69, 9.17) is 5.14 Å². The van der Waals surface area contributed by atoms with Gasteiger partial charge in [0, 0.05) is 16.6 Å². The summed E-state index contributed by atoms with van der Waals surface area (Å²) in [5, 5.41) is 7.87. The highest BCUT2D eigenvalue weighted by Crippen LogP contribution is 2.25. The van der Waals surface area contributed by atoms with Gasteiger partial charge in [-0.1, -0.05) is 29.3 Å². The van der Waals surface area contributed by atoms with Crippen LogP contribution in [0.1, 0.15) is 35.7 Å². The minimum absolute atomic E-state index is 0.0393. The van der Waals surface area contributed by atoms with Crippen LogP contribution in [0, 0.1) is 6.92 Å². The standard InChI is InChI=1S/C12H17BrN2O3S/c1-3-4-5-15-12(16)9-6-10(13)8(2)11(7-9)19(14,17)18/h6-7H,3-5H2,1-2H3,(H,15,16)(H2,14,17,18). The molecule has 0 bridgehead atoms. The summed E-state index contributed by atoms with van der Waals surface area (Å²) in [5.41, 5.74) is 0.769. The summed E-state index contributed by atoms with van der Waals surface area (Å²) in [6.07, 6.45) is 1.85. The third-order valence-electron chi connectivity index (χ3n) is 2.68. The molecule has 106 valence electrons. The number of nitrogens with one attached hydrogen (secondary N) is 1. The second-order valence-electron chi connectivity index (χ2n) is 4.24. The van der Waals surface area contributed by atoms with Gasteiger partial charge in [0.15, 0.2) is 0 Å². The molecule has 5 nitrogen and oxygen atoms in total. The molecule has 0 aromatic heterocycles.